The van der Waals surface area contributed by atoms with Crippen molar-refractivity contribution in [1.82, 2.24) is 0 Å². The minimum Gasteiger partial charge on any atom is -0.394 e. The average molecular weight is 344 g/mol. The summed E-state index contributed by atoms with van der Waals surface area (Å²) in [6.07, 6.45) is 21.5. The number of nitrogens with two attached hydrogens (primary N) is 1. The van der Waals surface area contributed by atoms with Gasteiger partial charge in [0.25, 0.3) is 0 Å². The summed E-state index contributed by atoms with van der Waals surface area (Å²) in [5.74, 6) is 0. The summed E-state index contributed by atoms with van der Waals surface area (Å²) >= 11 is 0. The zero-order valence-corrected chi connectivity index (χ0v) is 16.4. The minimum absolute atomic E-state index is 0.0362. The van der Waals surface area contributed by atoms with E-state index in [1.807, 2.05) is 0 Å². The van der Waals surface area contributed by atoms with Crippen LogP contribution in [0.3, 0.4) is 0 Å². The third-order valence-corrected chi connectivity index (χ3v) is 4.96. The van der Waals surface area contributed by atoms with Crippen molar-refractivity contribution in [2.24, 2.45) is 5.73 Å². The van der Waals surface area contributed by atoms with E-state index in [1.54, 1.807) is 0 Å². The Morgan fingerprint density at radius 3 is 1.42 bits per heavy atom. The second-order valence-electron chi connectivity index (χ2n) is 7.57. The van der Waals surface area contributed by atoms with Crippen LogP contribution in [0.25, 0.3) is 0 Å². The first-order chi connectivity index (χ1) is 11.7. The Morgan fingerprint density at radius 2 is 1.04 bits per heavy atom. The maximum absolute atomic E-state index is 9.32. The standard InChI is InChI=1S/C21H45NO2/c1-2-3-4-5-6-7-8-9-10-11-12-13-14-15-16-17-20(22)18-21(24)19-23/h20-21,23-24H,2-19,22H2,1H3. The van der Waals surface area contributed by atoms with Crippen LogP contribution >= 0.6 is 0 Å². The van der Waals surface area contributed by atoms with Gasteiger partial charge in [0.05, 0.1) is 12.7 Å². The first-order valence-corrected chi connectivity index (χ1v) is 10.7. The molecule has 0 radical (unpaired) electrons. The SMILES string of the molecule is CCCCCCCCCCCCCCCCCC(N)CC(O)CO. The summed E-state index contributed by atoms with van der Waals surface area (Å²) in [6.45, 7) is 2.10. The van der Waals surface area contributed by atoms with Crippen molar-refractivity contribution in [3.05, 3.63) is 0 Å². The Kier molecular flexibility index (Phi) is 19.1. The zero-order chi connectivity index (χ0) is 17.9. The number of rotatable bonds is 19. The van der Waals surface area contributed by atoms with Gasteiger partial charge in [-0.2, -0.15) is 0 Å². The molecular formula is C21H45NO2. The fraction of sp³-hybridized carbons (Fsp3) is 1.00. The molecule has 0 saturated heterocycles. The van der Waals surface area contributed by atoms with Gasteiger partial charge in [0, 0.05) is 6.04 Å². The van der Waals surface area contributed by atoms with E-state index in [9.17, 15) is 5.11 Å². The van der Waals surface area contributed by atoms with Crippen LogP contribution < -0.4 is 5.73 Å². The van der Waals surface area contributed by atoms with Crippen molar-refractivity contribution in [3.63, 3.8) is 0 Å². The monoisotopic (exact) mass is 343 g/mol. The van der Waals surface area contributed by atoms with Crippen LogP contribution in [0.5, 0.6) is 0 Å². The molecule has 0 amide bonds. The normalized spacial score (nSPS) is 14.0. The van der Waals surface area contributed by atoms with Crippen molar-refractivity contribution in [2.45, 2.75) is 128 Å². The third-order valence-electron chi connectivity index (χ3n) is 4.96. The van der Waals surface area contributed by atoms with Gasteiger partial charge in [0.1, 0.15) is 0 Å². The van der Waals surface area contributed by atoms with Gasteiger partial charge in [0.15, 0.2) is 0 Å². The summed E-state index contributed by atoms with van der Waals surface area (Å²) in [7, 11) is 0. The lowest BCUT2D eigenvalue weighted by atomic mass is 10.0. The van der Waals surface area contributed by atoms with E-state index < -0.39 is 6.10 Å². The Balaban J connectivity index is 3.10. The smallest absolute Gasteiger partial charge is 0.0785 e. The molecule has 146 valence electrons. The summed E-state index contributed by atoms with van der Waals surface area (Å²) < 4.78 is 0. The molecule has 0 spiro atoms. The van der Waals surface area contributed by atoms with Crippen LogP contribution in [-0.4, -0.2) is 29.0 Å². The number of hydrogen-bond acceptors (Lipinski definition) is 3. The highest BCUT2D eigenvalue weighted by Gasteiger charge is 2.08. The Hall–Kier alpha value is -0.120. The summed E-state index contributed by atoms with van der Waals surface area (Å²) in [6, 6.07) is 0.0362. The summed E-state index contributed by atoms with van der Waals surface area (Å²) in [5.41, 5.74) is 5.93. The number of aliphatic hydroxyl groups is 2. The minimum atomic E-state index is -0.642. The molecule has 2 unspecified atom stereocenters. The second-order valence-corrected chi connectivity index (χ2v) is 7.57. The van der Waals surface area contributed by atoms with Crippen molar-refractivity contribution in [1.29, 1.82) is 0 Å². The van der Waals surface area contributed by atoms with E-state index in [-0.39, 0.29) is 12.6 Å². The molecule has 3 nitrogen and oxygen atoms in total. The molecule has 4 N–H and O–H groups in total. The van der Waals surface area contributed by atoms with Crippen LogP contribution in [0.4, 0.5) is 0 Å². The molecule has 24 heavy (non-hydrogen) atoms. The molecule has 0 aromatic heterocycles. The van der Waals surface area contributed by atoms with Gasteiger partial charge in [0.2, 0.25) is 0 Å². The molecule has 2 atom stereocenters. The molecule has 0 aliphatic rings. The second kappa shape index (κ2) is 19.2. The van der Waals surface area contributed by atoms with Crippen molar-refractivity contribution in [2.75, 3.05) is 6.61 Å². The molecule has 0 rings (SSSR count). The van der Waals surface area contributed by atoms with Crippen LogP contribution in [0.15, 0.2) is 0 Å². The lowest BCUT2D eigenvalue weighted by Gasteiger charge is -2.14. The predicted octanol–water partition coefficient (Wildman–Crippen LogP) is 5.32. The molecule has 3 heteroatoms. The maximum Gasteiger partial charge on any atom is 0.0785 e. The van der Waals surface area contributed by atoms with Crippen molar-refractivity contribution in [3.8, 4) is 0 Å². The highest BCUT2D eigenvalue weighted by atomic mass is 16.3. The van der Waals surface area contributed by atoms with E-state index in [2.05, 4.69) is 6.92 Å². The Labute approximate surface area is 151 Å². The highest BCUT2D eigenvalue weighted by molar-refractivity contribution is 4.66. The van der Waals surface area contributed by atoms with Gasteiger partial charge in [-0.05, 0) is 12.8 Å². The zero-order valence-electron chi connectivity index (χ0n) is 16.4. The average Bonchev–Trinajstić information content (AvgIpc) is 2.58. The molecule has 0 saturated carbocycles. The van der Waals surface area contributed by atoms with Gasteiger partial charge in [-0.1, -0.05) is 103 Å². The van der Waals surface area contributed by atoms with E-state index in [4.69, 9.17) is 10.8 Å². The number of aliphatic hydroxyl groups excluding tert-OH is 2. The third kappa shape index (κ3) is 18.2. The van der Waals surface area contributed by atoms with Gasteiger partial charge < -0.3 is 15.9 Å². The Bertz CT molecular complexity index is 236. The van der Waals surface area contributed by atoms with Crippen LogP contribution in [0.2, 0.25) is 0 Å². The largest absolute Gasteiger partial charge is 0.394 e. The molecule has 0 bridgehead atoms. The van der Waals surface area contributed by atoms with E-state index in [0.29, 0.717) is 6.42 Å². The maximum atomic E-state index is 9.32. The van der Waals surface area contributed by atoms with Gasteiger partial charge in [-0.15, -0.1) is 0 Å². The number of hydrogen-bond donors (Lipinski definition) is 3. The quantitative estimate of drug-likeness (QED) is 0.278. The van der Waals surface area contributed by atoms with E-state index in [1.165, 1.54) is 89.9 Å². The lowest BCUT2D eigenvalue weighted by Crippen LogP contribution is -2.27. The molecule has 0 fully saturated rings. The van der Waals surface area contributed by atoms with Crippen LogP contribution in [-0.2, 0) is 0 Å². The number of unbranched alkanes of at least 4 members (excludes halogenated alkanes) is 14. The summed E-state index contributed by atoms with van der Waals surface area (Å²) in [5, 5.41) is 18.1. The molecule has 0 aromatic carbocycles. The molecule has 0 aromatic rings. The molecule has 0 heterocycles. The topological polar surface area (TPSA) is 66.5 Å². The van der Waals surface area contributed by atoms with Crippen molar-refractivity contribution < 1.29 is 10.2 Å². The van der Waals surface area contributed by atoms with Crippen molar-refractivity contribution >= 4 is 0 Å². The molecular weight excluding hydrogens is 298 g/mol. The van der Waals surface area contributed by atoms with Gasteiger partial charge in [-0.25, -0.2) is 0 Å². The highest BCUT2D eigenvalue weighted by Crippen LogP contribution is 2.14. The fourth-order valence-corrected chi connectivity index (χ4v) is 3.32. The van der Waals surface area contributed by atoms with Gasteiger partial charge >= 0.3 is 0 Å². The first kappa shape index (κ1) is 23.9. The fourth-order valence-electron chi connectivity index (χ4n) is 3.32. The van der Waals surface area contributed by atoms with Crippen LogP contribution in [0.1, 0.15) is 116 Å². The van der Waals surface area contributed by atoms with Crippen LogP contribution in [0, 0.1) is 0 Å². The summed E-state index contributed by atoms with van der Waals surface area (Å²) in [4.78, 5) is 0. The Morgan fingerprint density at radius 1 is 0.667 bits per heavy atom. The molecule has 0 aliphatic heterocycles. The van der Waals surface area contributed by atoms with Gasteiger partial charge in [-0.3, -0.25) is 0 Å². The predicted molar refractivity (Wildman–Crippen MR) is 105 cm³/mol. The van der Waals surface area contributed by atoms with E-state index >= 15 is 0 Å². The molecule has 0 aliphatic carbocycles. The van der Waals surface area contributed by atoms with E-state index in [0.717, 1.165) is 12.8 Å². The lowest BCUT2D eigenvalue weighted by molar-refractivity contribution is 0.0816. The first-order valence-electron chi connectivity index (χ1n) is 10.7.